The molecule has 0 fully saturated rings. The van der Waals surface area contributed by atoms with Gasteiger partial charge in [0.25, 0.3) is 0 Å². The van der Waals surface area contributed by atoms with Crippen molar-refractivity contribution in [2.75, 3.05) is 0 Å². The monoisotopic (exact) mass is 279 g/mol. The predicted molar refractivity (Wildman–Crippen MR) is 80.7 cm³/mol. The largest absolute Gasteiger partial charge is 0.308 e. The minimum absolute atomic E-state index is 0.111. The second-order valence-corrected chi connectivity index (χ2v) is 6.04. The molecule has 3 nitrogen and oxygen atoms in total. The van der Waals surface area contributed by atoms with Gasteiger partial charge < -0.3 is 4.57 Å². The summed E-state index contributed by atoms with van der Waals surface area (Å²) in [5.74, 6) is 1.49. The molecule has 0 radical (unpaired) electrons. The van der Waals surface area contributed by atoms with Crippen LogP contribution in [0.1, 0.15) is 56.9 Å². The Morgan fingerprint density at radius 3 is 2.58 bits per heavy atom. The van der Waals surface area contributed by atoms with E-state index in [9.17, 15) is 0 Å². The molecule has 2 aromatic rings. The van der Waals surface area contributed by atoms with E-state index in [1.54, 1.807) is 0 Å². The van der Waals surface area contributed by atoms with Crippen molar-refractivity contribution in [1.82, 2.24) is 14.5 Å². The molecular weight excluding hydrogens is 258 g/mol. The highest BCUT2D eigenvalue weighted by Gasteiger charge is 2.23. The van der Waals surface area contributed by atoms with Crippen molar-refractivity contribution in [3.63, 3.8) is 0 Å². The standard InChI is InChI=1S/C15H22ClN3/c1-6-9(2)12(5)19-14(11(4)16)18-13-10(3)7-8-17-15(13)19/h7-9,11-12H,6H2,1-5H3. The zero-order valence-corrected chi connectivity index (χ0v) is 13.1. The Kier molecular flexibility index (Phi) is 4.14. The third kappa shape index (κ3) is 2.48. The first kappa shape index (κ1) is 14.3. The van der Waals surface area contributed by atoms with Gasteiger partial charge in [-0.25, -0.2) is 9.97 Å². The molecule has 0 spiro atoms. The lowest BCUT2D eigenvalue weighted by atomic mass is 10.0. The van der Waals surface area contributed by atoms with E-state index in [2.05, 4.69) is 37.2 Å². The molecular formula is C15H22ClN3. The van der Waals surface area contributed by atoms with Crippen LogP contribution in [0, 0.1) is 12.8 Å². The van der Waals surface area contributed by atoms with Crippen LogP contribution in [0.25, 0.3) is 11.2 Å². The first-order chi connectivity index (χ1) is 8.97. The maximum atomic E-state index is 6.31. The lowest BCUT2D eigenvalue weighted by molar-refractivity contribution is 0.367. The molecule has 0 N–H and O–H groups in total. The first-order valence-electron chi connectivity index (χ1n) is 6.94. The van der Waals surface area contributed by atoms with Gasteiger partial charge in [0.2, 0.25) is 0 Å². The van der Waals surface area contributed by atoms with E-state index < -0.39 is 0 Å². The van der Waals surface area contributed by atoms with E-state index in [0.717, 1.165) is 29.0 Å². The van der Waals surface area contributed by atoms with Crippen molar-refractivity contribution >= 4 is 22.8 Å². The van der Waals surface area contributed by atoms with Crippen LogP contribution in [0.4, 0.5) is 0 Å². The Bertz CT molecular complexity index is 574. The van der Waals surface area contributed by atoms with Gasteiger partial charge in [0.1, 0.15) is 11.3 Å². The van der Waals surface area contributed by atoms with Crippen molar-refractivity contribution in [3.05, 3.63) is 23.7 Å². The first-order valence-corrected chi connectivity index (χ1v) is 7.38. The average molecular weight is 280 g/mol. The second-order valence-electron chi connectivity index (χ2n) is 5.38. The number of aryl methyl sites for hydroxylation is 1. The van der Waals surface area contributed by atoms with E-state index in [4.69, 9.17) is 16.6 Å². The van der Waals surface area contributed by atoms with Crippen molar-refractivity contribution < 1.29 is 0 Å². The number of fused-ring (bicyclic) bond motifs is 1. The summed E-state index contributed by atoms with van der Waals surface area (Å²) in [5.41, 5.74) is 3.08. The van der Waals surface area contributed by atoms with Crippen molar-refractivity contribution in [3.8, 4) is 0 Å². The van der Waals surface area contributed by atoms with Gasteiger partial charge in [-0.2, -0.15) is 0 Å². The lowest BCUT2D eigenvalue weighted by Gasteiger charge is -2.23. The maximum Gasteiger partial charge on any atom is 0.160 e. The second kappa shape index (κ2) is 5.49. The van der Waals surface area contributed by atoms with Gasteiger partial charge >= 0.3 is 0 Å². The SMILES string of the molecule is CCC(C)C(C)n1c(C(C)Cl)nc2c(C)ccnc21. The molecule has 0 aliphatic heterocycles. The van der Waals surface area contributed by atoms with Gasteiger partial charge in [0.15, 0.2) is 5.65 Å². The normalized spacial score (nSPS) is 16.5. The molecule has 0 saturated carbocycles. The Labute approximate surface area is 120 Å². The fourth-order valence-electron chi connectivity index (χ4n) is 2.41. The van der Waals surface area contributed by atoms with Crippen molar-refractivity contribution in [1.29, 1.82) is 0 Å². The molecule has 0 bridgehead atoms. The molecule has 0 saturated heterocycles. The summed E-state index contributed by atoms with van der Waals surface area (Å²) in [7, 11) is 0. The van der Waals surface area contributed by atoms with Gasteiger partial charge in [0, 0.05) is 12.2 Å². The van der Waals surface area contributed by atoms with Crippen LogP contribution in [0.15, 0.2) is 12.3 Å². The van der Waals surface area contributed by atoms with Crippen molar-refractivity contribution in [2.45, 2.75) is 52.5 Å². The van der Waals surface area contributed by atoms with E-state index in [1.807, 2.05) is 19.2 Å². The molecule has 19 heavy (non-hydrogen) atoms. The topological polar surface area (TPSA) is 30.7 Å². The average Bonchev–Trinajstić information content (AvgIpc) is 2.78. The summed E-state index contributed by atoms with van der Waals surface area (Å²) >= 11 is 6.31. The molecule has 0 aliphatic rings. The van der Waals surface area contributed by atoms with Gasteiger partial charge in [-0.3, -0.25) is 0 Å². The number of hydrogen-bond donors (Lipinski definition) is 0. The number of hydrogen-bond acceptors (Lipinski definition) is 2. The van der Waals surface area contributed by atoms with Gasteiger partial charge in [-0.05, 0) is 38.3 Å². The van der Waals surface area contributed by atoms with Crippen LogP contribution in [-0.2, 0) is 0 Å². The Morgan fingerprint density at radius 1 is 1.32 bits per heavy atom. The lowest BCUT2D eigenvalue weighted by Crippen LogP contribution is -2.17. The highest BCUT2D eigenvalue weighted by Crippen LogP contribution is 2.31. The zero-order valence-electron chi connectivity index (χ0n) is 12.3. The van der Waals surface area contributed by atoms with Gasteiger partial charge in [-0.1, -0.05) is 20.3 Å². The Morgan fingerprint density at radius 2 is 2.00 bits per heavy atom. The molecule has 2 rings (SSSR count). The van der Waals surface area contributed by atoms with Crippen LogP contribution in [0.2, 0.25) is 0 Å². The van der Waals surface area contributed by atoms with Crippen molar-refractivity contribution in [2.24, 2.45) is 5.92 Å². The Hall–Kier alpha value is -1.09. The Balaban J connectivity index is 2.69. The van der Waals surface area contributed by atoms with E-state index in [0.29, 0.717) is 12.0 Å². The smallest absolute Gasteiger partial charge is 0.160 e. The van der Waals surface area contributed by atoms with Crippen LogP contribution in [-0.4, -0.2) is 14.5 Å². The molecule has 0 aromatic carbocycles. The quantitative estimate of drug-likeness (QED) is 0.763. The minimum Gasteiger partial charge on any atom is -0.308 e. The molecule has 2 aromatic heterocycles. The summed E-state index contributed by atoms with van der Waals surface area (Å²) in [6.45, 7) is 10.7. The van der Waals surface area contributed by atoms with Crippen LogP contribution in [0.5, 0.6) is 0 Å². The number of alkyl halides is 1. The summed E-state index contributed by atoms with van der Waals surface area (Å²) in [5, 5.41) is -0.111. The van der Waals surface area contributed by atoms with E-state index in [1.165, 1.54) is 0 Å². The number of halogens is 1. The number of rotatable bonds is 4. The molecule has 4 heteroatoms. The molecule has 0 amide bonds. The van der Waals surface area contributed by atoms with Gasteiger partial charge in [0.05, 0.1) is 5.38 Å². The maximum absolute atomic E-state index is 6.31. The number of pyridine rings is 1. The summed E-state index contributed by atoms with van der Waals surface area (Å²) < 4.78 is 2.22. The van der Waals surface area contributed by atoms with Crippen LogP contribution in [0.3, 0.4) is 0 Å². The van der Waals surface area contributed by atoms with Crippen LogP contribution < -0.4 is 0 Å². The fourth-order valence-corrected chi connectivity index (χ4v) is 2.56. The van der Waals surface area contributed by atoms with Crippen LogP contribution >= 0.6 is 11.6 Å². The molecule has 104 valence electrons. The molecule has 0 aliphatic carbocycles. The number of nitrogens with zero attached hydrogens (tertiary/aromatic N) is 3. The summed E-state index contributed by atoms with van der Waals surface area (Å²) in [6, 6.07) is 2.34. The third-order valence-electron chi connectivity index (χ3n) is 4.04. The van der Waals surface area contributed by atoms with E-state index >= 15 is 0 Å². The predicted octanol–water partition coefficient (Wildman–Crippen LogP) is 4.65. The fraction of sp³-hybridized carbons (Fsp3) is 0.600. The number of imidazole rings is 1. The molecule has 2 heterocycles. The number of aromatic nitrogens is 3. The van der Waals surface area contributed by atoms with Gasteiger partial charge in [-0.15, -0.1) is 11.6 Å². The van der Waals surface area contributed by atoms with E-state index in [-0.39, 0.29) is 5.38 Å². The minimum atomic E-state index is -0.111. The third-order valence-corrected chi connectivity index (χ3v) is 4.23. The zero-order chi connectivity index (χ0) is 14.2. The highest BCUT2D eigenvalue weighted by molar-refractivity contribution is 6.20. The summed E-state index contributed by atoms with van der Waals surface area (Å²) in [6.07, 6.45) is 2.98. The molecule has 3 atom stereocenters. The summed E-state index contributed by atoms with van der Waals surface area (Å²) in [4.78, 5) is 9.24. The molecule has 3 unspecified atom stereocenters. The highest BCUT2D eigenvalue weighted by atomic mass is 35.5.